The maximum atomic E-state index is 12.4. The van der Waals surface area contributed by atoms with Crippen LogP contribution in [0.15, 0.2) is 83.8 Å². The van der Waals surface area contributed by atoms with E-state index in [-0.39, 0.29) is 16.5 Å². The average Bonchev–Trinajstić information content (AvgIpc) is 2.68. The van der Waals surface area contributed by atoms with Crippen LogP contribution in [0.4, 0.5) is 0 Å². The molecule has 3 aromatic carbocycles. The molecule has 0 amide bonds. The third kappa shape index (κ3) is 4.59. The van der Waals surface area contributed by atoms with Gasteiger partial charge < -0.3 is 10.5 Å². The van der Waals surface area contributed by atoms with E-state index in [2.05, 4.69) is 0 Å². The summed E-state index contributed by atoms with van der Waals surface area (Å²) in [6, 6.07) is 21.4. The highest BCUT2D eigenvalue weighted by atomic mass is 32.2. The third-order valence-electron chi connectivity index (χ3n) is 3.98. The molecular formula is C20H18N2O4S. The number of carbonyl (C=O) groups is 1. The molecule has 0 fully saturated rings. The van der Waals surface area contributed by atoms with Crippen LogP contribution in [0.1, 0.15) is 27.5 Å². The molecule has 7 heteroatoms. The SMILES string of the molecule is N[C@@H](c1ccccc1)c1cccc(OC(=O)c2cccc(S(N)(=O)=O)c2)c1. The molecule has 4 N–H and O–H groups in total. The van der Waals surface area contributed by atoms with Crippen molar-refractivity contribution in [1.82, 2.24) is 0 Å². The van der Waals surface area contributed by atoms with Gasteiger partial charge in [-0.15, -0.1) is 0 Å². The van der Waals surface area contributed by atoms with E-state index in [0.29, 0.717) is 5.75 Å². The molecule has 0 aliphatic heterocycles. The predicted molar refractivity (Wildman–Crippen MR) is 102 cm³/mol. The quantitative estimate of drug-likeness (QED) is 0.520. The first-order chi connectivity index (χ1) is 12.8. The van der Waals surface area contributed by atoms with Crippen molar-refractivity contribution in [2.45, 2.75) is 10.9 Å². The summed E-state index contributed by atoms with van der Waals surface area (Å²) in [5.41, 5.74) is 8.07. The van der Waals surface area contributed by atoms with Gasteiger partial charge in [-0.25, -0.2) is 18.4 Å². The smallest absolute Gasteiger partial charge is 0.343 e. The summed E-state index contributed by atoms with van der Waals surface area (Å²) in [5, 5.41) is 5.09. The van der Waals surface area contributed by atoms with Crippen LogP contribution in [0.2, 0.25) is 0 Å². The lowest BCUT2D eigenvalue weighted by Crippen LogP contribution is -2.15. The van der Waals surface area contributed by atoms with Gasteiger partial charge in [-0.2, -0.15) is 0 Å². The van der Waals surface area contributed by atoms with Crippen LogP contribution in [-0.4, -0.2) is 14.4 Å². The normalized spacial score (nSPS) is 12.4. The van der Waals surface area contributed by atoms with Gasteiger partial charge in [0.1, 0.15) is 5.75 Å². The second-order valence-corrected chi connectivity index (χ2v) is 7.48. The van der Waals surface area contributed by atoms with Crippen molar-refractivity contribution in [2.75, 3.05) is 0 Å². The molecule has 0 radical (unpaired) electrons. The number of hydrogen-bond donors (Lipinski definition) is 2. The molecule has 6 nitrogen and oxygen atoms in total. The summed E-state index contributed by atoms with van der Waals surface area (Å²) in [7, 11) is -3.90. The van der Waals surface area contributed by atoms with Gasteiger partial charge in [-0.05, 0) is 41.5 Å². The molecule has 0 saturated carbocycles. The van der Waals surface area contributed by atoms with Crippen LogP contribution in [0.3, 0.4) is 0 Å². The van der Waals surface area contributed by atoms with Crippen LogP contribution in [-0.2, 0) is 10.0 Å². The van der Waals surface area contributed by atoms with Gasteiger partial charge in [0.15, 0.2) is 0 Å². The lowest BCUT2D eigenvalue weighted by atomic mass is 10.00. The van der Waals surface area contributed by atoms with E-state index in [0.717, 1.165) is 11.1 Å². The zero-order chi connectivity index (χ0) is 19.4. The standard InChI is InChI=1S/C20H18N2O4S/c21-19(14-6-2-1-3-7-14)15-8-4-10-17(12-15)26-20(23)16-9-5-11-18(13-16)27(22,24)25/h1-13,19H,21H2,(H2,22,24,25)/t19-/m0/s1. The Morgan fingerprint density at radius 2 is 1.52 bits per heavy atom. The Bertz CT molecular complexity index is 1070. The van der Waals surface area contributed by atoms with Crippen molar-refractivity contribution in [3.05, 3.63) is 95.6 Å². The Balaban J connectivity index is 1.81. The number of hydrogen-bond acceptors (Lipinski definition) is 5. The van der Waals surface area contributed by atoms with Gasteiger partial charge >= 0.3 is 5.97 Å². The third-order valence-corrected chi connectivity index (χ3v) is 4.90. The molecule has 0 aliphatic rings. The van der Waals surface area contributed by atoms with Crippen molar-refractivity contribution in [2.24, 2.45) is 10.9 Å². The first kappa shape index (κ1) is 18.8. The zero-order valence-corrected chi connectivity index (χ0v) is 15.1. The van der Waals surface area contributed by atoms with Gasteiger partial charge in [0.2, 0.25) is 10.0 Å². The topological polar surface area (TPSA) is 112 Å². The minimum absolute atomic E-state index is 0.0827. The fourth-order valence-electron chi connectivity index (χ4n) is 2.59. The van der Waals surface area contributed by atoms with Gasteiger partial charge in [0, 0.05) is 0 Å². The summed E-state index contributed by atoms with van der Waals surface area (Å²) in [4.78, 5) is 12.2. The monoisotopic (exact) mass is 382 g/mol. The molecule has 0 aliphatic carbocycles. The molecule has 0 bridgehead atoms. The Labute approximate surface area is 157 Å². The van der Waals surface area contributed by atoms with E-state index in [4.69, 9.17) is 15.6 Å². The fraction of sp³-hybridized carbons (Fsp3) is 0.0500. The van der Waals surface area contributed by atoms with Gasteiger partial charge in [0.05, 0.1) is 16.5 Å². The summed E-state index contributed by atoms with van der Waals surface area (Å²) in [6.45, 7) is 0. The molecule has 3 rings (SSSR count). The molecule has 0 unspecified atom stereocenters. The van der Waals surface area contributed by atoms with Crippen molar-refractivity contribution in [3.8, 4) is 5.75 Å². The predicted octanol–water partition coefficient (Wildman–Crippen LogP) is 2.60. The van der Waals surface area contributed by atoms with E-state index in [1.165, 1.54) is 24.3 Å². The Morgan fingerprint density at radius 3 is 2.22 bits per heavy atom. The number of carbonyl (C=O) groups excluding carboxylic acids is 1. The summed E-state index contributed by atoms with van der Waals surface area (Å²) in [6.07, 6.45) is 0. The van der Waals surface area contributed by atoms with Crippen molar-refractivity contribution in [3.63, 3.8) is 0 Å². The van der Waals surface area contributed by atoms with E-state index in [1.807, 2.05) is 36.4 Å². The minimum atomic E-state index is -3.90. The highest BCUT2D eigenvalue weighted by molar-refractivity contribution is 7.89. The number of benzene rings is 3. The van der Waals surface area contributed by atoms with Gasteiger partial charge in [0.25, 0.3) is 0 Å². The second-order valence-electron chi connectivity index (χ2n) is 5.92. The van der Waals surface area contributed by atoms with Crippen molar-refractivity contribution >= 4 is 16.0 Å². The average molecular weight is 382 g/mol. The van der Waals surface area contributed by atoms with Crippen LogP contribution in [0.5, 0.6) is 5.75 Å². The Morgan fingerprint density at radius 1 is 0.852 bits per heavy atom. The van der Waals surface area contributed by atoms with Crippen LogP contribution >= 0.6 is 0 Å². The fourth-order valence-corrected chi connectivity index (χ4v) is 3.15. The molecule has 0 aromatic heterocycles. The number of nitrogens with two attached hydrogens (primary N) is 2. The van der Waals surface area contributed by atoms with Crippen LogP contribution < -0.4 is 15.6 Å². The van der Waals surface area contributed by atoms with Crippen LogP contribution in [0.25, 0.3) is 0 Å². The van der Waals surface area contributed by atoms with Crippen molar-refractivity contribution in [1.29, 1.82) is 0 Å². The lowest BCUT2D eigenvalue weighted by molar-refractivity contribution is 0.0734. The first-order valence-electron chi connectivity index (χ1n) is 8.10. The Hall–Kier alpha value is -3.00. The maximum absolute atomic E-state index is 12.4. The number of ether oxygens (including phenoxy) is 1. The minimum Gasteiger partial charge on any atom is -0.423 e. The van der Waals surface area contributed by atoms with E-state index in [9.17, 15) is 13.2 Å². The molecule has 0 saturated heterocycles. The molecule has 3 aromatic rings. The van der Waals surface area contributed by atoms with Crippen LogP contribution in [0, 0.1) is 0 Å². The zero-order valence-electron chi connectivity index (χ0n) is 14.3. The largest absolute Gasteiger partial charge is 0.423 e. The van der Waals surface area contributed by atoms with E-state index < -0.39 is 16.0 Å². The number of sulfonamides is 1. The second kappa shape index (κ2) is 7.71. The Kier molecular flexibility index (Phi) is 5.36. The van der Waals surface area contributed by atoms with E-state index >= 15 is 0 Å². The molecule has 0 spiro atoms. The highest BCUT2D eigenvalue weighted by Crippen LogP contribution is 2.24. The van der Waals surface area contributed by atoms with Gasteiger partial charge in [-0.1, -0.05) is 48.5 Å². The summed E-state index contributed by atoms with van der Waals surface area (Å²) < 4.78 is 28.2. The summed E-state index contributed by atoms with van der Waals surface area (Å²) >= 11 is 0. The number of primary sulfonamides is 1. The molecule has 0 heterocycles. The molecule has 138 valence electrons. The number of esters is 1. The first-order valence-corrected chi connectivity index (χ1v) is 9.65. The number of rotatable bonds is 5. The summed E-state index contributed by atoms with van der Waals surface area (Å²) in [5.74, 6) is -0.379. The van der Waals surface area contributed by atoms with Gasteiger partial charge in [-0.3, -0.25) is 0 Å². The molecule has 27 heavy (non-hydrogen) atoms. The maximum Gasteiger partial charge on any atom is 0.343 e. The van der Waals surface area contributed by atoms with Crippen molar-refractivity contribution < 1.29 is 17.9 Å². The van der Waals surface area contributed by atoms with E-state index in [1.54, 1.807) is 18.2 Å². The highest BCUT2D eigenvalue weighted by Gasteiger charge is 2.15. The lowest BCUT2D eigenvalue weighted by Gasteiger charge is -2.14. The molecular weight excluding hydrogens is 364 g/mol. The molecule has 1 atom stereocenters.